The fourth-order valence-corrected chi connectivity index (χ4v) is 1.04. The van der Waals surface area contributed by atoms with Crippen molar-refractivity contribution in [3.8, 4) is 0 Å². The van der Waals surface area contributed by atoms with Crippen molar-refractivity contribution in [2.75, 3.05) is 13.2 Å². The molecule has 3 heteroatoms. The van der Waals surface area contributed by atoms with Crippen molar-refractivity contribution in [3.05, 3.63) is 12.7 Å². The summed E-state index contributed by atoms with van der Waals surface area (Å²) < 4.78 is 10.4. The van der Waals surface area contributed by atoms with Crippen LogP contribution in [-0.2, 0) is 9.47 Å². The molecular weight excluding hydrogens is 144 g/mol. The van der Waals surface area contributed by atoms with Gasteiger partial charge >= 0.3 is 0 Å². The summed E-state index contributed by atoms with van der Waals surface area (Å²) in [5, 5.41) is 9.19. The lowest BCUT2D eigenvalue weighted by Gasteiger charge is -2.25. The summed E-state index contributed by atoms with van der Waals surface area (Å²) in [6.45, 7) is 4.59. The number of rotatable bonds is 3. The summed E-state index contributed by atoms with van der Waals surface area (Å²) in [7, 11) is 0. The largest absolute Gasteiger partial charge is 0.393 e. The topological polar surface area (TPSA) is 38.7 Å². The first-order chi connectivity index (χ1) is 5.33. The second-order valence-corrected chi connectivity index (χ2v) is 2.60. The van der Waals surface area contributed by atoms with Crippen LogP contribution in [0.4, 0.5) is 0 Å². The first-order valence-electron chi connectivity index (χ1n) is 3.85. The Morgan fingerprint density at radius 2 is 2.55 bits per heavy atom. The second kappa shape index (κ2) is 4.49. The summed E-state index contributed by atoms with van der Waals surface area (Å²) in [6.07, 6.45) is 2.46. The van der Waals surface area contributed by atoms with Gasteiger partial charge in [0, 0.05) is 6.42 Å². The number of hydrogen-bond acceptors (Lipinski definition) is 3. The monoisotopic (exact) mass is 158 g/mol. The van der Waals surface area contributed by atoms with Crippen molar-refractivity contribution in [2.24, 2.45) is 0 Å². The average molecular weight is 158 g/mol. The van der Waals surface area contributed by atoms with Crippen LogP contribution in [0.5, 0.6) is 0 Å². The van der Waals surface area contributed by atoms with E-state index in [4.69, 9.17) is 9.47 Å². The lowest BCUT2D eigenvalue weighted by atomic mass is 10.1. The molecule has 3 nitrogen and oxygen atoms in total. The van der Waals surface area contributed by atoms with Crippen LogP contribution in [0, 0.1) is 0 Å². The van der Waals surface area contributed by atoms with Crippen LogP contribution >= 0.6 is 0 Å². The van der Waals surface area contributed by atoms with Gasteiger partial charge in [-0.25, -0.2) is 0 Å². The maximum atomic E-state index is 9.19. The molecule has 64 valence electrons. The van der Waals surface area contributed by atoms with E-state index in [1.165, 1.54) is 0 Å². The van der Waals surface area contributed by atoms with Crippen molar-refractivity contribution < 1.29 is 14.6 Å². The number of ether oxygens (including phenoxy) is 2. The van der Waals surface area contributed by atoms with Crippen LogP contribution in [0.1, 0.15) is 12.8 Å². The molecule has 0 spiro atoms. The molecule has 0 aliphatic carbocycles. The van der Waals surface area contributed by atoms with Crippen molar-refractivity contribution in [2.45, 2.75) is 25.2 Å². The van der Waals surface area contributed by atoms with Gasteiger partial charge in [0.15, 0.2) is 6.29 Å². The Morgan fingerprint density at radius 3 is 3.18 bits per heavy atom. The second-order valence-electron chi connectivity index (χ2n) is 2.60. The lowest BCUT2D eigenvalue weighted by Crippen LogP contribution is -2.30. The average Bonchev–Trinajstić information content (AvgIpc) is 2.01. The predicted octanol–water partition coefficient (Wildman–Crippen LogP) is 0.686. The van der Waals surface area contributed by atoms with Gasteiger partial charge in [-0.1, -0.05) is 6.08 Å². The van der Waals surface area contributed by atoms with Crippen LogP contribution in [0.3, 0.4) is 0 Å². The highest BCUT2D eigenvalue weighted by molar-refractivity contribution is 4.68. The lowest BCUT2D eigenvalue weighted by molar-refractivity contribution is -0.178. The Kier molecular flexibility index (Phi) is 3.56. The van der Waals surface area contributed by atoms with E-state index in [-0.39, 0.29) is 12.4 Å². The van der Waals surface area contributed by atoms with E-state index in [1.54, 1.807) is 6.08 Å². The third kappa shape index (κ3) is 3.01. The molecule has 2 unspecified atom stereocenters. The Morgan fingerprint density at radius 1 is 1.73 bits per heavy atom. The first kappa shape index (κ1) is 8.71. The molecule has 1 rings (SSSR count). The minimum absolute atomic E-state index is 0.239. The van der Waals surface area contributed by atoms with Crippen LogP contribution in [0.2, 0.25) is 0 Å². The minimum atomic E-state index is -0.265. The summed E-state index contributed by atoms with van der Waals surface area (Å²) >= 11 is 0. The van der Waals surface area contributed by atoms with E-state index in [0.29, 0.717) is 26.1 Å². The number of hydrogen-bond donors (Lipinski definition) is 1. The van der Waals surface area contributed by atoms with Gasteiger partial charge in [0.25, 0.3) is 0 Å². The fraction of sp³-hybridized carbons (Fsp3) is 0.750. The molecule has 0 aromatic heterocycles. The van der Waals surface area contributed by atoms with Gasteiger partial charge in [0.1, 0.15) is 0 Å². The molecule has 0 saturated carbocycles. The van der Waals surface area contributed by atoms with Crippen molar-refractivity contribution in [1.82, 2.24) is 0 Å². The van der Waals surface area contributed by atoms with Gasteiger partial charge < -0.3 is 14.6 Å². The van der Waals surface area contributed by atoms with Crippen LogP contribution in [-0.4, -0.2) is 30.7 Å². The van der Waals surface area contributed by atoms with E-state index in [2.05, 4.69) is 6.58 Å². The van der Waals surface area contributed by atoms with Crippen molar-refractivity contribution in [3.63, 3.8) is 0 Å². The van der Waals surface area contributed by atoms with Gasteiger partial charge in [-0.05, 0) is 6.42 Å². The quantitative estimate of drug-likeness (QED) is 0.614. The van der Waals surface area contributed by atoms with E-state index in [9.17, 15) is 5.11 Å². The minimum Gasteiger partial charge on any atom is -0.393 e. The van der Waals surface area contributed by atoms with E-state index in [0.717, 1.165) is 0 Å². The van der Waals surface area contributed by atoms with Gasteiger partial charge in [-0.3, -0.25) is 0 Å². The number of aliphatic hydroxyl groups is 1. The first-order valence-corrected chi connectivity index (χ1v) is 3.85. The van der Waals surface area contributed by atoms with Gasteiger partial charge in [0.2, 0.25) is 0 Å². The molecule has 1 N–H and O–H groups in total. The van der Waals surface area contributed by atoms with Crippen molar-refractivity contribution in [1.29, 1.82) is 0 Å². The summed E-state index contributed by atoms with van der Waals surface area (Å²) in [4.78, 5) is 0. The zero-order valence-corrected chi connectivity index (χ0v) is 6.53. The molecule has 1 saturated heterocycles. The molecule has 0 bridgehead atoms. The standard InChI is InChI=1S/C8H14O3/c1-2-4-10-8-6-7(9)3-5-11-8/h2,7-9H,1,3-6H2. The molecule has 2 atom stereocenters. The molecule has 1 heterocycles. The highest BCUT2D eigenvalue weighted by Gasteiger charge is 2.20. The zero-order chi connectivity index (χ0) is 8.10. The molecule has 1 aliphatic rings. The molecule has 1 aliphatic heterocycles. The van der Waals surface area contributed by atoms with Gasteiger partial charge in [-0.2, -0.15) is 0 Å². The Bertz CT molecular complexity index is 125. The Hall–Kier alpha value is -0.380. The van der Waals surface area contributed by atoms with E-state index in [1.807, 2.05) is 0 Å². The summed E-state index contributed by atoms with van der Waals surface area (Å²) in [6, 6.07) is 0. The van der Waals surface area contributed by atoms with Crippen LogP contribution < -0.4 is 0 Å². The maximum absolute atomic E-state index is 9.19. The fourth-order valence-electron chi connectivity index (χ4n) is 1.04. The maximum Gasteiger partial charge on any atom is 0.160 e. The smallest absolute Gasteiger partial charge is 0.160 e. The van der Waals surface area contributed by atoms with E-state index >= 15 is 0 Å². The summed E-state index contributed by atoms with van der Waals surface area (Å²) in [5.74, 6) is 0. The SMILES string of the molecule is C=CCOC1CC(O)CCO1. The highest BCUT2D eigenvalue weighted by Crippen LogP contribution is 2.14. The summed E-state index contributed by atoms with van der Waals surface area (Å²) in [5.41, 5.74) is 0. The predicted molar refractivity (Wildman–Crippen MR) is 41.1 cm³/mol. The van der Waals surface area contributed by atoms with Crippen molar-refractivity contribution >= 4 is 0 Å². The third-order valence-corrected chi connectivity index (χ3v) is 1.62. The molecule has 0 aromatic rings. The highest BCUT2D eigenvalue weighted by atomic mass is 16.7. The molecular formula is C8H14O3. The van der Waals surface area contributed by atoms with Gasteiger partial charge in [0.05, 0.1) is 19.3 Å². The molecule has 11 heavy (non-hydrogen) atoms. The molecule has 0 amide bonds. The van der Waals surface area contributed by atoms with Crippen LogP contribution in [0.25, 0.3) is 0 Å². The zero-order valence-electron chi connectivity index (χ0n) is 6.53. The van der Waals surface area contributed by atoms with E-state index < -0.39 is 0 Å². The van der Waals surface area contributed by atoms with Gasteiger partial charge in [-0.15, -0.1) is 6.58 Å². The molecule has 1 fully saturated rings. The third-order valence-electron chi connectivity index (χ3n) is 1.62. The molecule has 0 aromatic carbocycles. The Labute approximate surface area is 66.6 Å². The normalized spacial score (nSPS) is 31.7. The number of aliphatic hydroxyl groups excluding tert-OH is 1. The van der Waals surface area contributed by atoms with Crippen LogP contribution in [0.15, 0.2) is 12.7 Å². The molecule has 0 radical (unpaired) electrons. The Balaban J connectivity index is 2.17.